The molecule has 4 heteroatoms. The van der Waals surface area contributed by atoms with Gasteiger partial charge in [0, 0.05) is 11.4 Å². The Hall–Kier alpha value is -2.07. The molecule has 0 radical (unpaired) electrons. The molecule has 0 saturated heterocycles. The summed E-state index contributed by atoms with van der Waals surface area (Å²) in [6.45, 7) is 2.15. The first-order valence-electron chi connectivity index (χ1n) is 6.27. The number of hydrogen-bond acceptors (Lipinski definition) is 4. The van der Waals surface area contributed by atoms with Gasteiger partial charge < -0.3 is 11.1 Å². The Morgan fingerprint density at radius 1 is 1.21 bits per heavy atom. The van der Waals surface area contributed by atoms with E-state index in [0.717, 1.165) is 33.1 Å². The minimum atomic E-state index is 0.775. The van der Waals surface area contributed by atoms with Gasteiger partial charge in [-0.3, -0.25) is 0 Å². The largest absolute Gasteiger partial charge is 0.399 e. The Kier molecular flexibility index (Phi) is 3.09. The molecule has 0 aliphatic rings. The van der Waals surface area contributed by atoms with Crippen molar-refractivity contribution in [2.24, 2.45) is 0 Å². The van der Waals surface area contributed by atoms with Gasteiger partial charge in [-0.2, -0.15) is 0 Å². The quantitative estimate of drug-likeness (QED) is 0.701. The monoisotopic (exact) mass is 269 g/mol. The van der Waals surface area contributed by atoms with E-state index in [2.05, 4.69) is 35.4 Å². The average molecular weight is 269 g/mol. The van der Waals surface area contributed by atoms with E-state index in [0.29, 0.717) is 0 Å². The van der Waals surface area contributed by atoms with E-state index >= 15 is 0 Å². The van der Waals surface area contributed by atoms with E-state index in [-0.39, 0.29) is 0 Å². The van der Waals surface area contributed by atoms with Gasteiger partial charge in [0.2, 0.25) is 0 Å². The second-order valence-corrected chi connectivity index (χ2v) is 5.41. The number of benzene rings is 2. The SMILES string of the molecule is CCc1ccccc1Nc1nc2ccc(N)cc2s1. The molecular formula is C15H15N3S. The highest BCUT2D eigenvalue weighted by molar-refractivity contribution is 7.22. The summed E-state index contributed by atoms with van der Waals surface area (Å²) >= 11 is 1.62. The lowest BCUT2D eigenvalue weighted by Gasteiger charge is -2.07. The van der Waals surface area contributed by atoms with E-state index in [1.54, 1.807) is 11.3 Å². The molecule has 3 aromatic rings. The first-order valence-corrected chi connectivity index (χ1v) is 7.09. The molecule has 3 nitrogen and oxygen atoms in total. The molecule has 0 amide bonds. The fourth-order valence-electron chi connectivity index (χ4n) is 2.06. The molecule has 3 N–H and O–H groups in total. The number of para-hydroxylation sites is 1. The molecule has 1 heterocycles. The van der Waals surface area contributed by atoms with Crippen molar-refractivity contribution in [1.82, 2.24) is 4.98 Å². The fraction of sp³-hybridized carbons (Fsp3) is 0.133. The highest BCUT2D eigenvalue weighted by atomic mass is 32.1. The van der Waals surface area contributed by atoms with Crippen LogP contribution in [0.25, 0.3) is 10.2 Å². The number of nitrogens with one attached hydrogen (secondary N) is 1. The second kappa shape index (κ2) is 4.90. The maximum atomic E-state index is 5.79. The summed E-state index contributed by atoms with van der Waals surface area (Å²) < 4.78 is 1.11. The molecule has 0 aliphatic heterocycles. The van der Waals surface area contributed by atoms with Gasteiger partial charge in [0.1, 0.15) is 0 Å². The van der Waals surface area contributed by atoms with Gasteiger partial charge in [0.05, 0.1) is 10.2 Å². The van der Waals surface area contributed by atoms with Crippen molar-refractivity contribution in [2.45, 2.75) is 13.3 Å². The summed E-state index contributed by atoms with van der Waals surface area (Å²) in [5.41, 5.74) is 9.96. The zero-order chi connectivity index (χ0) is 13.2. The Labute approximate surface area is 116 Å². The molecule has 0 unspecified atom stereocenters. The zero-order valence-corrected chi connectivity index (χ0v) is 11.5. The molecule has 0 spiro atoms. The third-order valence-electron chi connectivity index (χ3n) is 3.05. The third kappa shape index (κ3) is 2.39. The Morgan fingerprint density at radius 2 is 2.05 bits per heavy atom. The lowest BCUT2D eigenvalue weighted by atomic mass is 10.1. The summed E-state index contributed by atoms with van der Waals surface area (Å²) in [5.74, 6) is 0. The molecule has 96 valence electrons. The van der Waals surface area contributed by atoms with Crippen LogP contribution in [0, 0.1) is 0 Å². The number of nitrogens with zero attached hydrogens (tertiary/aromatic N) is 1. The lowest BCUT2D eigenvalue weighted by Crippen LogP contribution is -1.93. The number of fused-ring (bicyclic) bond motifs is 1. The fourth-order valence-corrected chi connectivity index (χ4v) is 2.99. The molecule has 0 fully saturated rings. The maximum Gasteiger partial charge on any atom is 0.188 e. The van der Waals surface area contributed by atoms with Crippen molar-refractivity contribution >= 4 is 38.1 Å². The van der Waals surface area contributed by atoms with E-state index in [4.69, 9.17) is 5.73 Å². The van der Waals surface area contributed by atoms with Crippen molar-refractivity contribution in [1.29, 1.82) is 0 Å². The van der Waals surface area contributed by atoms with Gasteiger partial charge in [-0.05, 0) is 36.2 Å². The number of nitrogens with two attached hydrogens (primary N) is 1. The molecule has 0 aliphatic carbocycles. The normalized spacial score (nSPS) is 10.8. The topological polar surface area (TPSA) is 50.9 Å². The Bertz CT molecular complexity index is 718. The van der Waals surface area contributed by atoms with Gasteiger partial charge in [-0.1, -0.05) is 36.5 Å². The van der Waals surface area contributed by atoms with Gasteiger partial charge in [0.25, 0.3) is 0 Å². The van der Waals surface area contributed by atoms with Crippen LogP contribution in [0.1, 0.15) is 12.5 Å². The van der Waals surface area contributed by atoms with Crippen LogP contribution in [0.3, 0.4) is 0 Å². The third-order valence-corrected chi connectivity index (χ3v) is 3.99. The van der Waals surface area contributed by atoms with Crippen LogP contribution in [-0.2, 0) is 6.42 Å². The molecule has 0 bridgehead atoms. The molecule has 1 aromatic heterocycles. The van der Waals surface area contributed by atoms with Crippen molar-refractivity contribution in [3.05, 3.63) is 48.0 Å². The number of aromatic nitrogens is 1. The number of anilines is 3. The van der Waals surface area contributed by atoms with E-state index in [9.17, 15) is 0 Å². The number of thiazole rings is 1. The lowest BCUT2D eigenvalue weighted by molar-refractivity contribution is 1.14. The van der Waals surface area contributed by atoms with E-state index < -0.39 is 0 Å². The summed E-state index contributed by atoms with van der Waals surface area (Å²) in [6, 6.07) is 14.1. The van der Waals surface area contributed by atoms with Crippen molar-refractivity contribution in [3.63, 3.8) is 0 Å². The molecule has 0 atom stereocenters. The minimum absolute atomic E-state index is 0.775. The summed E-state index contributed by atoms with van der Waals surface area (Å²) in [4.78, 5) is 4.58. The standard InChI is InChI=1S/C15H15N3S/c1-2-10-5-3-4-6-12(10)17-15-18-13-8-7-11(16)9-14(13)19-15/h3-9H,2,16H2,1H3,(H,17,18). The first kappa shape index (κ1) is 12.0. The molecule has 3 rings (SSSR count). The van der Waals surface area contributed by atoms with Crippen molar-refractivity contribution < 1.29 is 0 Å². The predicted octanol–water partition coefficient (Wildman–Crippen LogP) is 4.18. The predicted molar refractivity (Wildman–Crippen MR) is 83.1 cm³/mol. The second-order valence-electron chi connectivity index (χ2n) is 4.38. The Morgan fingerprint density at radius 3 is 2.89 bits per heavy atom. The zero-order valence-electron chi connectivity index (χ0n) is 10.7. The van der Waals surface area contributed by atoms with Crippen molar-refractivity contribution in [3.8, 4) is 0 Å². The maximum absolute atomic E-state index is 5.79. The van der Waals surface area contributed by atoms with Crippen LogP contribution in [0.15, 0.2) is 42.5 Å². The van der Waals surface area contributed by atoms with E-state index in [1.165, 1.54) is 5.56 Å². The van der Waals surface area contributed by atoms with Gasteiger partial charge in [-0.25, -0.2) is 4.98 Å². The summed E-state index contributed by atoms with van der Waals surface area (Å²) in [5, 5.41) is 4.30. The van der Waals surface area contributed by atoms with Crippen molar-refractivity contribution in [2.75, 3.05) is 11.1 Å². The number of nitrogen functional groups attached to an aromatic ring is 1. The van der Waals surface area contributed by atoms with Crippen LogP contribution in [0.5, 0.6) is 0 Å². The summed E-state index contributed by atoms with van der Waals surface area (Å²) in [6.07, 6.45) is 1.00. The van der Waals surface area contributed by atoms with Crippen LogP contribution < -0.4 is 11.1 Å². The average Bonchev–Trinajstić information content (AvgIpc) is 2.80. The molecular weight excluding hydrogens is 254 g/mol. The van der Waals surface area contributed by atoms with Crippen LogP contribution in [-0.4, -0.2) is 4.98 Å². The molecule has 2 aromatic carbocycles. The highest BCUT2D eigenvalue weighted by Crippen LogP contribution is 2.30. The number of aryl methyl sites for hydroxylation is 1. The van der Waals surface area contributed by atoms with Crippen LogP contribution in [0.2, 0.25) is 0 Å². The Balaban J connectivity index is 1.96. The number of rotatable bonds is 3. The number of hydrogen-bond donors (Lipinski definition) is 2. The van der Waals surface area contributed by atoms with Gasteiger partial charge in [0.15, 0.2) is 5.13 Å². The van der Waals surface area contributed by atoms with E-state index in [1.807, 2.05) is 24.3 Å². The minimum Gasteiger partial charge on any atom is -0.399 e. The smallest absolute Gasteiger partial charge is 0.188 e. The first-order chi connectivity index (χ1) is 9.26. The van der Waals surface area contributed by atoms with Gasteiger partial charge in [-0.15, -0.1) is 0 Å². The highest BCUT2D eigenvalue weighted by Gasteiger charge is 2.06. The summed E-state index contributed by atoms with van der Waals surface area (Å²) in [7, 11) is 0. The van der Waals surface area contributed by atoms with Crippen LogP contribution in [0.4, 0.5) is 16.5 Å². The van der Waals surface area contributed by atoms with Gasteiger partial charge >= 0.3 is 0 Å². The molecule has 19 heavy (non-hydrogen) atoms. The van der Waals surface area contributed by atoms with Crippen LogP contribution >= 0.6 is 11.3 Å². The molecule has 0 saturated carbocycles.